The monoisotopic (exact) mass is 561 g/mol. The first-order valence-electron chi connectivity index (χ1n) is 10.4. The lowest BCUT2D eigenvalue weighted by molar-refractivity contribution is 0.0601. The number of anilines is 1. The van der Waals surface area contributed by atoms with E-state index in [4.69, 9.17) is 10.5 Å². The Morgan fingerprint density at radius 1 is 1.00 bits per heavy atom. The van der Waals surface area contributed by atoms with E-state index in [1.165, 1.54) is 4.68 Å². The summed E-state index contributed by atoms with van der Waals surface area (Å²) in [5.74, 6) is -1.25. The average molecular weight is 562 g/mol. The fourth-order valence-electron chi connectivity index (χ4n) is 3.43. The maximum absolute atomic E-state index is 12.4. The summed E-state index contributed by atoms with van der Waals surface area (Å²) in [7, 11) is -8.67. The van der Waals surface area contributed by atoms with E-state index in [9.17, 15) is 30.7 Å². The largest absolute Gasteiger partial charge is 0.465 e. The van der Waals surface area contributed by atoms with Gasteiger partial charge in [0.25, 0.3) is 20.2 Å². The summed E-state index contributed by atoms with van der Waals surface area (Å²) in [5, 5.41) is 16.4. The van der Waals surface area contributed by atoms with Crippen molar-refractivity contribution in [1.82, 2.24) is 19.6 Å². The molecule has 0 saturated carbocycles. The van der Waals surface area contributed by atoms with E-state index in [1.807, 2.05) is 6.07 Å². The first-order valence-corrected chi connectivity index (χ1v) is 13.3. The fourth-order valence-corrected chi connectivity index (χ4v) is 4.58. The molecule has 198 valence electrons. The van der Waals surface area contributed by atoms with Crippen LogP contribution in [0, 0.1) is 6.92 Å². The van der Waals surface area contributed by atoms with Crippen molar-refractivity contribution in [1.29, 1.82) is 0 Å². The van der Waals surface area contributed by atoms with E-state index in [1.54, 1.807) is 31.2 Å². The predicted molar refractivity (Wildman–Crippen MR) is 131 cm³/mol. The SMILES string of the molecule is COC(=O)c1cnn(-c2cc(S(=O)(=O)O)ccc2S(=O)(=O)O)c1N=Nc1c(C)nn(-c2ccccc2)c1N. The van der Waals surface area contributed by atoms with Gasteiger partial charge in [0.2, 0.25) is 0 Å². The molecule has 38 heavy (non-hydrogen) atoms. The molecule has 15 nitrogen and oxygen atoms in total. The summed E-state index contributed by atoms with van der Waals surface area (Å²) < 4.78 is 73.5. The Morgan fingerprint density at radius 2 is 1.68 bits per heavy atom. The number of carbonyl (C=O) groups excluding carboxylic acids is 1. The van der Waals surface area contributed by atoms with Crippen molar-refractivity contribution in [2.75, 3.05) is 12.8 Å². The van der Waals surface area contributed by atoms with E-state index < -0.39 is 47.5 Å². The van der Waals surface area contributed by atoms with Gasteiger partial charge in [-0.1, -0.05) is 18.2 Å². The first-order chi connectivity index (χ1) is 17.8. The van der Waals surface area contributed by atoms with Gasteiger partial charge in [0.05, 0.1) is 35.3 Å². The molecule has 0 bridgehead atoms. The first kappa shape index (κ1) is 26.6. The topological polar surface area (TPSA) is 221 Å². The molecule has 0 radical (unpaired) electrons. The number of hydrogen-bond donors (Lipinski definition) is 3. The van der Waals surface area contributed by atoms with Crippen molar-refractivity contribution >= 4 is 43.5 Å². The van der Waals surface area contributed by atoms with Crippen LogP contribution in [-0.4, -0.2) is 58.6 Å². The van der Waals surface area contributed by atoms with E-state index in [0.717, 1.165) is 36.2 Å². The number of carbonyl (C=O) groups is 1. The summed E-state index contributed by atoms with van der Waals surface area (Å²) >= 11 is 0. The third kappa shape index (κ3) is 5.02. The second-order valence-corrected chi connectivity index (χ2v) is 10.4. The smallest absolute Gasteiger partial charge is 0.343 e. The maximum Gasteiger partial charge on any atom is 0.343 e. The lowest BCUT2D eigenvalue weighted by Crippen LogP contribution is -2.09. The second kappa shape index (κ2) is 9.78. The molecule has 0 atom stereocenters. The number of ether oxygens (including phenoxy) is 1. The predicted octanol–water partition coefficient (Wildman–Crippen LogP) is 2.64. The third-order valence-electron chi connectivity index (χ3n) is 5.19. The zero-order valence-electron chi connectivity index (χ0n) is 19.6. The number of para-hydroxylation sites is 1. The Morgan fingerprint density at radius 3 is 2.29 bits per heavy atom. The molecule has 0 amide bonds. The van der Waals surface area contributed by atoms with Crippen molar-refractivity contribution in [2.45, 2.75) is 16.7 Å². The fraction of sp³-hybridized carbons (Fsp3) is 0.0952. The molecule has 4 N–H and O–H groups in total. The van der Waals surface area contributed by atoms with E-state index in [2.05, 4.69) is 20.4 Å². The lowest BCUT2D eigenvalue weighted by Gasteiger charge is -2.10. The number of benzene rings is 2. The van der Waals surface area contributed by atoms with Gasteiger partial charge in [-0.2, -0.15) is 27.0 Å². The molecule has 0 spiro atoms. The maximum atomic E-state index is 12.4. The highest BCUT2D eigenvalue weighted by molar-refractivity contribution is 7.86. The summed E-state index contributed by atoms with van der Waals surface area (Å²) in [6, 6.07) is 11.1. The molecule has 4 aromatic rings. The zero-order chi connectivity index (χ0) is 27.8. The quantitative estimate of drug-likeness (QED) is 0.169. The van der Waals surface area contributed by atoms with E-state index in [-0.39, 0.29) is 17.1 Å². The molecular weight excluding hydrogens is 542 g/mol. The molecule has 4 rings (SSSR count). The van der Waals surface area contributed by atoms with Crippen LogP contribution in [0.2, 0.25) is 0 Å². The van der Waals surface area contributed by atoms with Crippen LogP contribution in [-0.2, 0) is 25.0 Å². The Kier molecular flexibility index (Phi) is 6.85. The Balaban J connectivity index is 1.94. The van der Waals surface area contributed by atoms with Gasteiger partial charge in [-0.15, -0.1) is 10.2 Å². The molecule has 2 aromatic heterocycles. The molecular formula is C21H19N7O8S2. The van der Waals surface area contributed by atoms with Gasteiger partial charge in [-0.05, 0) is 37.3 Å². The summed E-state index contributed by atoms with van der Waals surface area (Å²) in [4.78, 5) is 10.9. The van der Waals surface area contributed by atoms with Crippen molar-refractivity contribution < 1.29 is 35.5 Å². The number of nitrogen functional groups attached to an aromatic ring is 1. The second-order valence-electron chi connectivity index (χ2n) is 7.63. The Bertz CT molecular complexity index is 1790. The van der Waals surface area contributed by atoms with Crippen LogP contribution in [0.1, 0.15) is 16.1 Å². The van der Waals surface area contributed by atoms with Crippen LogP contribution < -0.4 is 5.73 Å². The molecule has 2 heterocycles. The molecule has 0 fully saturated rings. The minimum Gasteiger partial charge on any atom is -0.465 e. The average Bonchev–Trinajstić information content (AvgIpc) is 3.41. The van der Waals surface area contributed by atoms with E-state index >= 15 is 0 Å². The summed E-state index contributed by atoms with van der Waals surface area (Å²) in [6.45, 7) is 1.61. The van der Waals surface area contributed by atoms with Crippen LogP contribution in [0.25, 0.3) is 11.4 Å². The number of hydrogen-bond acceptors (Lipinski definition) is 11. The van der Waals surface area contributed by atoms with Crippen LogP contribution in [0.4, 0.5) is 17.3 Å². The minimum absolute atomic E-state index is 0.0927. The van der Waals surface area contributed by atoms with Crippen LogP contribution in [0.3, 0.4) is 0 Å². The van der Waals surface area contributed by atoms with Gasteiger partial charge in [0, 0.05) is 0 Å². The van der Waals surface area contributed by atoms with Crippen LogP contribution >= 0.6 is 0 Å². The summed E-state index contributed by atoms with van der Waals surface area (Å²) in [5.41, 5.74) is 6.47. The highest BCUT2D eigenvalue weighted by Crippen LogP contribution is 2.34. The van der Waals surface area contributed by atoms with Crippen molar-refractivity contribution in [3.63, 3.8) is 0 Å². The van der Waals surface area contributed by atoms with Gasteiger partial charge in [0.15, 0.2) is 17.3 Å². The number of nitrogens with zero attached hydrogens (tertiary/aromatic N) is 6. The van der Waals surface area contributed by atoms with Crippen molar-refractivity contribution in [2.24, 2.45) is 10.2 Å². The molecule has 0 aliphatic rings. The normalized spacial score (nSPS) is 12.2. The Hall–Kier alpha value is -4.45. The number of aromatic nitrogens is 4. The Labute approximate surface area is 215 Å². The van der Waals surface area contributed by atoms with Gasteiger partial charge < -0.3 is 10.5 Å². The molecule has 17 heteroatoms. The van der Waals surface area contributed by atoms with Crippen LogP contribution in [0.15, 0.2) is 74.7 Å². The number of nitrogens with two attached hydrogens (primary N) is 1. The highest BCUT2D eigenvalue weighted by Gasteiger charge is 2.26. The molecule has 0 aliphatic carbocycles. The highest BCUT2D eigenvalue weighted by atomic mass is 32.2. The summed E-state index contributed by atoms with van der Waals surface area (Å²) in [6.07, 6.45) is 0.970. The number of rotatable bonds is 7. The van der Waals surface area contributed by atoms with Crippen LogP contribution in [0.5, 0.6) is 0 Å². The van der Waals surface area contributed by atoms with E-state index in [0.29, 0.717) is 11.4 Å². The van der Waals surface area contributed by atoms with Gasteiger partial charge in [-0.3, -0.25) is 9.11 Å². The minimum atomic E-state index is -4.94. The lowest BCUT2D eigenvalue weighted by atomic mass is 10.3. The third-order valence-corrected chi connectivity index (χ3v) is 6.94. The van der Waals surface area contributed by atoms with Gasteiger partial charge in [-0.25, -0.2) is 14.2 Å². The standard InChI is InChI=1S/C21H19N7O8S2/c1-12-18(19(22)27(26-12)13-6-4-3-5-7-13)24-25-20-15(21(29)36-2)11-23-28(20)16-10-14(37(30,31)32)8-9-17(16)38(33,34)35/h3-11H,22H2,1-2H3,(H,30,31,32)(H,33,34,35). The van der Waals surface area contributed by atoms with Gasteiger partial charge in [0.1, 0.15) is 10.5 Å². The van der Waals surface area contributed by atoms with Crippen molar-refractivity contribution in [3.8, 4) is 11.4 Å². The molecule has 0 aliphatic heterocycles. The number of aryl methyl sites for hydroxylation is 1. The van der Waals surface area contributed by atoms with Crippen molar-refractivity contribution in [3.05, 3.63) is 66.0 Å². The number of esters is 1. The molecule has 0 saturated heterocycles. The van der Waals surface area contributed by atoms with Gasteiger partial charge >= 0.3 is 5.97 Å². The molecule has 0 unspecified atom stereocenters. The molecule has 2 aromatic carbocycles. The number of azo groups is 1. The zero-order valence-corrected chi connectivity index (χ0v) is 21.3. The number of methoxy groups -OCH3 is 1.